The van der Waals surface area contributed by atoms with Crippen LogP contribution in [0, 0.1) is 10.1 Å². The lowest BCUT2D eigenvalue weighted by molar-refractivity contribution is -0.384. The highest BCUT2D eigenvalue weighted by molar-refractivity contribution is 5.78. The number of hydrogen-bond acceptors (Lipinski definition) is 10. The number of nitrogens with zero attached hydrogens (tertiary/aromatic N) is 3. The molecule has 4 N–H and O–H groups in total. The van der Waals surface area contributed by atoms with Crippen LogP contribution in [0.1, 0.15) is 60.3 Å². The summed E-state index contributed by atoms with van der Waals surface area (Å²) in [6.45, 7) is 4.28. The highest BCUT2D eigenvalue weighted by Gasteiger charge is 2.34. The van der Waals surface area contributed by atoms with Gasteiger partial charge >= 0.3 is 0 Å². The number of aliphatic hydroxyl groups excluding tert-OH is 1. The number of nitro benzene ring substituents is 1. The van der Waals surface area contributed by atoms with Gasteiger partial charge in [-0.15, -0.1) is 0 Å². The van der Waals surface area contributed by atoms with E-state index in [1.165, 1.54) is 0 Å². The maximum Gasteiger partial charge on any atom is 0.269 e. The summed E-state index contributed by atoms with van der Waals surface area (Å²) < 4.78 is 13.2. The van der Waals surface area contributed by atoms with Crippen molar-refractivity contribution in [2.24, 2.45) is 0 Å². The van der Waals surface area contributed by atoms with Crippen molar-refractivity contribution in [2.45, 2.75) is 57.3 Å². The van der Waals surface area contributed by atoms with E-state index in [1.807, 2.05) is 84.9 Å². The predicted octanol–water partition coefficient (Wildman–Crippen LogP) is 5.41. The first-order valence-corrected chi connectivity index (χ1v) is 17.9. The van der Waals surface area contributed by atoms with Crippen LogP contribution in [-0.4, -0.2) is 70.8 Å². The van der Waals surface area contributed by atoms with Gasteiger partial charge in [0, 0.05) is 81.9 Å². The lowest BCUT2D eigenvalue weighted by Crippen LogP contribution is -2.49. The number of amides is 2. The standard InChI is InChI=1S/C40H45N5O8/c46-27-28-8-10-30(11-9-28)37-24-35(26-43-20-22-44(23-21-43)33-16-18-34(19-17-33)45(50)51)52-40(53-37)31-14-12-29(13-15-31)36-5-2-1-4-32(36)25-41-38(47)6-3-7-39(48)42-49/h1-2,4-5,8-19,35,37,40,46,49H,3,6-7,20-27H2,(H,41,47)(H,42,48). The molecule has 0 aromatic heterocycles. The number of carbonyl (C=O) groups is 2. The van der Waals surface area contributed by atoms with Crippen LogP contribution >= 0.6 is 0 Å². The summed E-state index contributed by atoms with van der Waals surface area (Å²) in [5.74, 6) is -0.691. The molecule has 2 heterocycles. The van der Waals surface area contributed by atoms with Gasteiger partial charge in [-0.05, 0) is 46.4 Å². The lowest BCUT2D eigenvalue weighted by atomic mass is 9.97. The minimum absolute atomic E-state index is 0.0284. The summed E-state index contributed by atoms with van der Waals surface area (Å²) in [6, 6.07) is 30.5. The quantitative estimate of drug-likeness (QED) is 0.0751. The summed E-state index contributed by atoms with van der Waals surface area (Å²) >= 11 is 0. The molecule has 0 radical (unpaired) electrons. The number of ether oxygens (including phenoxy) is 2. The zero-order chi connectivity index (χ0) is 37.2. The molecule has 0 bridgehead atoms. The molecule has 3 unspecified atom stereocenters. The minimum Gasteiger partial charge on any atom is -0.392 e. The largest absolute Gasteiger partial charge is 0.392 e. The Morgan fingerprint density at radius 3 is 2.19 bits per heavy atom. The lowest BCUT2D eigenvalue weighted by Gasteiger charge is -2.41. The summed E-state index contributed by atoms with van der Waals surface area (Å²) in [5, 5.41) is 32.2. The Kier molecular flexibility index (Phi) is 12.8. The summed E-state index contributed by atoms with van der Waals surface area (Å²) in [5.41, 5.74) is 8.29. The second-order valence-electron chi connectivity index (χ2n) is 13.4. The van der Waals surface area contributed by atoms with Crippen LogP contribution in [-0.2, 0) is 32.2 Å². The molecule has 2 fully saturated rings. The Balaban J connectivity index is 1.11. The van der Waals surface area contributed by atoms with Crippen LogP contribution in [0.15, 0.2) is 97.1 Å². The maximum atomic E-state index is 12.4. The van der Waals surface area contributed by atoms with Crippen molar-refractivity contribution in [1.29, 1.82) is 0 Å². The summed E-state index contributed by atoms with van der Waals surface area (Å²) in [4.78, 5) is 39.0. The molecule has 13 nitrogen and oxygen atoms in total. The molecule has 2 aliphatic heterocycles. The van der Waals surface area contributed by atoms with Crippen LogP contribution in [0.5, 0.6) is 0 Å². The highest BCUT2D eigenvalue weighted by Crippen LogP contribution is 2.39. The molecule has 4 aromatic carbocycles. The van der Waals surface area contributed by atoms with E-state index in [0.29, 0.717) is 19.4 Å². The summed E-state index contributed by atoms with van der Waals surface area (Å²) in [6.07, 6.45) is 0.333. The second-order valence-corrected chi connectivity index (χ2v) is 13.4. The number of carbonyl (C=O) groups excluding carboxylic acids is 2. The number of anilines is 1. The number of rotatable bonds is 14. The van der Waals surface area contributed by atoms with Crippen LogP contribution in [0.3, 0.4) is 0 Å². The van der Waals surface area contributed by atoms with Gasteiger partial charge in [0.2, 0.25) is 11.8 Å². The van der Waals surface area contributed by atoms with E-state index in [-0.39, 0.29) is 48.2 Å². The van der Waals surface area contributed by atoms with Crippen LogP contribution in [0.2, 0.25) is 0 Å². The zero-order valence-corrected chi connectivity index (χ0v) is 29.4. The second kappa shape index (κ2) is 18.0. The number of hydrogen-bond donors (Lipinski definition) is 4. The van der Waals surface area contributed by atoms with Gasteiger partial charge < -0.3 is 24.8 Å². The van der Waals surface area contributed by atoms with E-state index in [9.17, 15) is 24.8 Å². The van der Waals surface area contributed by atoms with Gasteiger partial charge in [0.15, 0.2) is 6.29 Å². The normalized spacial score (nSPS) is 19.1. The Bertz CT molecular complexity index is 1830. The molecular formula is C40H45N5O8. The number of benzene rings is 4. The maximum absolute atomic E-state index is 12.4. The molecule has 2 saturated heterocycles. The Morgan fingerprint density at radius 2 is 1.51 bits per heavy atom. The molecular weight excluding hydrogens is 678 g/mol. The molecule has 53 heavy (non-hydrogen) atoms. The van der Waals surface area contributed by atoms with E-state index in [1.54, 1.807) is 17.6 Å². The van der Waals surface area contributed by atoms with Crippen molar-refractivity contribution in [3.8, 4) is 11.1 Å². The number of aliphatic hydroxyl groups is 1. The van der Waals surface area contributed by atoms with Gasteiger partial charge in [-0.3, -0.25) is 29.8 Å². The zero-order valence-electron chi connectivity index (χ0n) is 29.4. The van der Waals surface area contributed by atoms with Crippen molar-refractivity contribution >= 4 is 23.2 Å². The van der Waals surface area contributed by atoms with E-state index >= 15 is 0 Å². The van der Waals surface area contributed by atoms with Crippen LogP contribution in [0.4, 0.5) is 11.4 Å². The van der Waals surface area contributed by atoms with Crippen molar-refractivity contribution in [2.75, 3.05) is 37.6 Å². The van der Waals surface area contributed by atoms with Crippen LogP contribution < -0.4 is 15.7 Å². The number of non-ortho nitro benzene ring substituents is 1. The minimum atomic E-state index is -0.603. The molecule has 0 aliphatic carbocycles. The van der Waals surface area contributed by atoms with Crippen molar-refractivity contribution < 1.29 is 34.3 Å². The Morgan fingerprint density at radius 1 is 0.830 bits per heavy atom. The first-order chi connectivity index (χ1) is 25.8. The number of nitro groups is 1. The topological polar surface area (TPSA) is 167 Å². The molecule has 13 heteroatoms. The van der Waals surface area contributed by atoms with Crippen LogP contribution in [0.25, 0.3) is 11.1 Å². The number of piperazine rings is 1. The van der Waals surface area contributed by atoms with E-state index in [0.717, 1.165) is 71.8 Å². The molecule has 0 spiro atoms. The first-order valence-electron chi connectivity index (χ1n) is 17.9. The first kappa shape index (κ1) is 37.6. The molecule has 6 rings (SSSR count). The number of hydroxylamine groups is 1. The fourth-order valence-corrected chi connectivity index (χ4v) is 6.82. The molecule has 278 valence electrons. The molecule has 2 aliphatic rings. The van der Waals surface area contributed by atoms with E-state index in [4.69, 9.17) is 14.7 Å². The number of nitrogens with one attached hydrogen (secondary N) is 2. The highest BCUT2D eigenvalue weighted by atomic mass is 16.7. The predicted molar refractivity (Wildman–Crippen MR) is 198 cm³/mol. The van der Waals surface area contributed by atoms with E-state index < -0.39 is 12.2 Å². The fraction of sp³-hybridized carbons (Fsp3) is 0.350. The fourth-order valence-electron chi connectivity index (χ4n) is 6.82. The van der Waals surface area contributed by atoms with Crippen molar-refractivity contribution in [3.63, 3.8) is 0 Å². The average Bonchev–Trinajstić information content (AvgIpc) is 3.20. The third-order valence-electron chi connectivity index (χ3n) is 9.79. The molecule has 0 saturated carbocycles. The van der Waals surface area contributed by atoms with Gasteiger partial charge in [-0.25, -0.2) is 5.48 Å². The van der Waals surface area contributed by atoms with Crippen molar-refractivity contribution in [3.05, 3.63) is 129 Å². The third-order valence-corrected chi connectivity index (χ3v) is 9.79. The third kappa shape index (κ3) is 10.0. The summed E-state index contributed by atoms with van der Waals surface area (Å²) in [7, 11) is 0. The molecule has 2 amide bonds. The van der Waals surface area contributed by atoms with Gasteiger partial charge in [-0.2, -0.15) is 0 Å². The molecule has 4 aromatic rings. The Hall–Kier alpha value is -5.18. The SMILES string of the molecule is O=C(CCCC(=O)NCc1ccccc1-c1ccc(C2OC(CN3CCN(c4ccc([N+](=O)[O-])cc4)CC3)CC(c3ccc(CO)cc3)O2)cc1)NO. The molecule has 3 atom stereocenters. The van der Waals surface area contributed by atoms with Gasteiger partial charge in [0.05, 0.1) is 23.7 Å². The Labute approximate surface area is 308 Å². The van der Waals surface area contributed by atoms with Gasteiger partial charge in [0.1, 0.15) is 0 Å². The van der Waals surface area contributed by atoms with E-state index in [2.05, 4.69) is 15.1 Å². The van der Waals surface area contributed by atoms with Crippen molar-refractivity contribution in [1.82, 2.24) is 15.7 Å². The van der Waals surface area contributed by atoms with Gasteiger partial charge in [0.25, 0.3) is 5.69 Å². The average molecular weight is 724 g/mol. The van der Waals surface area contributed by atoms with Gasteiger partial charge in [-0.1, -0.05) is 72.8 Å². The smallest absolute Gasteiger partial charge is 0.269 e. The monoisotopic (exact) mass is 723 g/mol.